The number of anilines is 1. The summed E-state index contributed by atoms with van der Waals surface area (Å²) in [6, 6.07) is 12.8. The molecule has 2 aliphatic rings. The predicted molar refractivity (Wildman–Crippen MR) is 102 cm³/mol. The summed E-state index contributed by atoms with van der Waals surface area (Å²) in [5, 5.41) is 8.49. The number of hydrogen-bond acceptors (Lipinski definition) is 5. The second-order valence-corrected chi connectivity index (χ2v) is 8.78. The maximum Gasteiger partial charge on any atom is 0.340 e. The Morgan fingerprint density at radius 3 is 2.78 bits per heavy atom. The Morgan fingerprint density at radius 2 is 2.04 bits per heavy atom. The smallest absolute Gasteiger partial charge is 0.340 e. The fraction of sp³-hybridized carbons (Fsp3) is 0.350. The largest absolute Gasteiger partial charge is 0.465 e. The molecule has 2 aliphatic carbocycles. The van der Waals surface area contributed by atoms with Crippen LogP contribution in [-0.2, 0) is 21.2 Å². The number of carbonyl (C=O) groups excluding carboxylic acids is 1. The van der Waals surface area contributed by atoms with E-state index in [9.17, 15) is 13.2 Å². The van der Waals surface area contributed by atoms with Gasteiger partial charge in [-0.2, -0.15) is 0 Å². The highest BCUT2D eigenvalue weighted by atomic mass is 32.2. The lowest BCUT2D eigenvalue weighted by Crippen LogP contribution is -2.16. The molecule has 0 spiro atoms. The second kappa shape index (κ2) is 6.65. The molecule has 0 aromatic heterocycles. The molecule has 0 heterocycles. The highest BCUT2D eigenvalue weighted by molar-refractivity contribution is 7.89. The van der Waals surface area contributed by atoms with Crippen LogP contribution in [0, 0.1) is 11.8 Å². The van der Waals surface area contributed by atoms with Gasteiger partial charge in [-0.1, -0.05) is 24.3 Å². The van der Waals surface area contributed by atoms with Crippen molar-refractivity contribution in [1.29, 1.82) is 0 Å². The van der Waals surface area contributed by atoms with Crippen molar-refractivity contribution in [2.24, 2.45) is 17.0 Å². The van der Waals surface area contributed by atoms with Crippen molar-refractivity contribution in [2.45, 2.75) is 23.7 Å². The van der Waals surface area contributed by atoms with E-state index in [4.69, 9.17) is 9.88 Å². The van der Waals surface area contributed by atoms with Gasteiger partial charge >= 0.3 is 5.97 Å². The van der Waals surface area contributed by atoms with E-state index >= 15 is 0 Å². The summed E-state index contributed by atoms with van der Waals surface area (Å²) >= 11 is 0. The normalized spacial score (nSPS) is 23.1. The molecule has 7 heteroatoms. The third-order valence-electron chi connectivity index (χ3n) is 5.75. The van der Waals surface area contributed by atoms with Gasteiger partial charge in [-0.15, -0.1) is 0 Å². The first-order chi connectivity index (χ1) is 12.9. The number of esters is 1. The average Bonchev–Trinajstić information content (AvgIpc) is 3.38. The first-order valence-electron chi connectivity index (χ1n) is 8.97. The van der Waals surface area contributed by atoms with Gasteiger partial charge in [-0.25, -0.2) is 18.4 Å². The van der Waals surface area contributed by atoms with E-state index in [1.165, 1.54) is 36.8 Å². The van der Waals surface area contributed by atoms with Gasteiger partial charge in [-0.3, -0.25) is 0 Å². The van der Waals surface area contributed by atoms with Crippen LogP contribution in [0.1, 0.15) is 33.8 Å². The van der Waals surface area contributed by atoms with Crippen molar-refractivity contribution in [3.63, 3.8) is 0 Å². The van der Waals surface area contributed by atoms with Crippen LogP contribution in [0.25, 0.3) is 0 Å². The maximum absolute atomic E-state index is 12.1. The molecule has 0 amide bonds. The summed E-state index contributed by atoms with van der Waals surface area (Å²) in [5.74, 6) is 1.14. The molecular formula is C20H22N2O4S. The molecule has 0 radical (unpaired) electrons. The third-order valence-corrected chi connectivity index (χ3v) is 6.66. The van der Waals surface area contributed by atoms with Crippen LogP contribution >= 0.6 is 0 Å². The van der Waals surface area contributed by atoms with Gasteiger partial charge in [0.15, 0.2) is 0 Å². The first-order valence-corrected chi connectivity index (χ1v) is 10.5. The highest BCUT2D eigenvalue weighted by Gasteiger charge is 2.52. The molecule has 1 saturated carbocycles. The molecule has 4 rings (SSSR count). The van der Waals surface area contributed by atoms with Crippen LogP contribution in [0.3, 0.4) is 0 Å². The molecule has 0 saturated heterocycles. The van der Waals surface area contributed by atoms with Crippen molar-refractivity contribution in [2.75, 3.05) is 19.0 Å². The number of rotatable bonds is 5. The van der Waals surface area contributed by atoms with Gasteiger partial charge in [0.25, 0.3) is 0 Å². The van der Waals surface area contributed by atoms with Crippen molar-refractivity contribution in [3.05, 3.63) is 59.2 Å². The molecule has 3 N–H and O–H groups in total. The van der Waals surface area contributed by atoms with E-state index in [2.05, 4.69) is 29.6 Å². The molecular weight excluding hydrogens is 364 g/mol. The summed E-state index contributed by atoms with van der Waals surface area (Å²) in [6.45, 7) is 0.725. The summed E-state index contributed by atoms with van der Waals surface area (Å²) < 4.78 is 27.9. The summed E-state index contributed by atoms with van der Waals surface area (Å²) in [7, 11) is -2.62. The van der Waals surface area contributed by atoms with Crippen molar-refractivity contribution < 1.29 is 17.9 Å². The van der Waals surface area contributed by atoms with Gasteiger partial charge in [0.1, 0.15) is 0 Å². The van der Waals surface area contributed by atoms with Gasteiger partial charge in [0.05, 0.1) is 17.6 Å². The number of ether oxygens (including phenoxy) is 1. The number of sulfonamides is 1. The lowest BCUT2D eigenvalue weighted by Gasteiger charge is -2.13. The molecule has 27 heavy (non-hydrogen) atoms. The molecule has 2 aromatic carbocycles. The lowest BCUT2D eigenvalue weighted by molar-refractivity contribution is 0.0601. The SMILES string of the molecule is COC(=O)c1cc(S(N)(=O)=O)ccc1NCC1C2CCc3ccccc3C21. The molecule has 6 nitrogen and oxygen atoms in total. The number of fused-ring (bicyclic) bond motifs is 3. The Bertz CT molecular complexity index is 1000. The minimum Gasteiger partial charge on any atom is -0.465 e. The van der Waals surface area contributed by atoms with Crippen molar-refractivity contribution in [3.8, 4) is 0 Å². The van der Waals surface area contributed by atoms with Crippen LogP contribution in [0.2, 0.25) is 0 Å². The van der Waals surface area contributed by atoms with E-state index < -0.39 is 16.0 Å². The highest BCUT2D eigenvalue weighted by Crippen LogP contribution is 2.59. The number of benzene rings is 2. The van der Waals surface area contributed by atoms with Crippen molar-refractivity contribution in [1.82, 2.24) is 0 Å². The lowest BCUT2D eigenvalue weighted by atomic mass is 9.92. The molecule has 0 bridgehead atoms. The molecule has 142 valence electrons. The Balaban J connectivity index is 1.53. The number of nitrogens with two attached hydrogens (primary N) is 1. The number of methoxy groups -OCH3 is 1. The number of carbonyl (C=O) groups is 1. The van der Waals surface area contributed by atoms with E-state index in [1.807, 2.05) is 0 Å². The predicted octanol–water partition coefficient (Wildman–Crippen LogP) is 2.51. The first kappa shape index (κ1) is 18.0. The summed E-state index contributed by atoms with van der Waals surface area (Å²) in [6.07, 6.45) is 2.30. The molecule has 2 aromatic rings. The summed E-state index contributed by atoms with van der Waals surface area (Å²) in [5.41, 5.74) is 3.62. The van der Waals surface area contributed by atoms with Gasteiger partial charge in [0.2, 0.25) is 10.0 Å². The third kappa shape index (κ3) is 3.33. The molecule has 0 aliphatic heterocycles. The standard InChI is InChI=1S/C20H22N2O4S/c1-26-20(23)16-10-13(27(21,24)25)7-9-18(16)22-11-17-15-8-6-12-4-2-3-5-14(12)19(15)17/h2-5,7,9-10,15,17,19,22H,6,8,11H2,1H3,(H2,21,24,25). The fourth-order valence-corrected chi connectivity index (χ4v) is 4.89. The van der Waals surface area contributed by atoms with E-state index in [0.29, 0.717) is 23.4 Å². The Hall–Kier alpha value is -2.38. The minimum absolute atomic E-state index is 0.109. The molecule has 3 unspecified atom stereocenters. The van der Waals surface area contributed by atoms with E-state index in [1.54, 1.807) is 6.07 Å². The Labute approximate surface area is 158 Å². The van der Waals surface area contributed by atoms with Gasteiger partial charge < -0.3 is 10.1 Å². The number of primary sulfonamides is 1. The topological polar surface area (TPSA) is 98.5 Å². The molecule has 3 atom stereocenters. The monoisotopic (exact) mass is 386 g/mol. The van der Waals surface area contributed by atoms with E-state index in [0.717, 1.165) is 13.0 Å². The van der Waals surface area contributed by atoms with Gasteiger partial charge in [0, 0.05) is 12.2 Å². The Morgan fingerprint density at radius 1 is 1.26 bits per heavy atom. The van der Waals surface area contributed by atoms with Crippen LogP contribution in [-0.4, -0.2) is 28.0 Å². The second-order valence-electron chi connectivity index (χ2n) is 7.22. The van der Waals surface area contributed by atoms with Crippen LogP contribution in [0.4, 0.5) is 5.69 Å². The Kier molecular flexibility index (Phi) is 4.44. The quantitative estimate of drug-likeness (QED) is 0.770. The van der Waals surface area contributed by atoms with Crippen LogP contribution in [0.5, 0.6) is 0 Å². The number of aryl methyl sites for hydroxylation is 1. The van der Waals surface area contributed by atoms with E-state index in [-0.39, 0.29) is 10.5 Å². The zero-order valence-corrected chi connectivity index (χ0v) is 15.8. The number of nitrogens with one attached hydrogen (secondary N) is 1. The maximum atomic E-state index is 12.1. The van der Waals surface area contributed by atoms with Gasteiger partial charge in [-0.05, 0) is 59.9 Å². The number of hydrogen-bond donors (Lipinski definition) is 2. The van der Waals surface area contributed by atoms with Crippen LogP contribution in [0.15, 0.2) is 47.4 Å². The minimum atomic E-state index is -3.89. The zero-order chi connectivity index (χ0) is 19.2. The zero-order valence-electron chi connectivity index (χ0n) is 15.0. The molecule has 1 fully saturated rings. The summed E-state index contributed by atoms with van der Waals surface area (Å²) in [4.78, 5) is 12.0. The average molecular weight is 386 g/mol. The van der Waals surface area contributed by atoms with Crippen LogP contribution < -0.4 is 10.5 Å². The fourth-order valence-electron chi connectivity index (χ4n) is 4.35. The van der Waals surface area contributed by atoms with Crippen molar-refractivity contribution >= 4 is 21.7 Å².